The monoisotopic (exact) mass is 261 g/mol. The van der Waals surface area contributed by atoms with E-state index in [0.717, 1.165) is 11.3 Å². The van der Waals surface area contributed by atoms with Gasteiger partial charge in [-0.15, -0.1) is 0 Å². The Kier molecular flexibility index (Phi) is 2.44. The molecule has 5 heteroatoms. The number of anilines is 1. The van der Waals surface area contributed by atoms with E-state index in [1.165, 1.54) is 12.1 Å². The first kappa shape index (κ1) is 12.2. The summed E-state index contributed by atoms with van der Waals surface area (Å²) in [5.41, 5.74) is 2.65. The highest BCUT2D eigenvalue weighted by atomic mass is 19.1. The van der Waals surface area contributed by atoms with Gasteiger partial charge in [-0.3, -0.25) is 4.68 Å². The minimum Gasteiger partial charge on any atom is -0.369 e. The Morgan fingerprint density at radius 3 is 2.79 bits per heavy atom. The van der Waals surface area contributed by atoms with Crippen LogP contribution in [0, 0.1) is 5.82 Å². The lowest BCUT2D eigenvalue weighted by Crippen LogP contribution is -2.26. The van der Waals surface area contributed by atoms with Gasteiger partial charge in [0.2, 0.25) is 0 Å². The summed E-state index contributed by atoms with van der Waals surface area (Å²) in [4.78, 5) is 0. The van der Waals surface area contributed by atoms with Crippen LogP contribution in [-0.2, 0) is 5.54 Å². The predicted octanol–water partition coefficient (Wildman–Crippen LogP) is 2.86. The van der Waals surface area contributed by atoms with Gasteiger partial charge >= 0.3 is 0 Å². The van der Waals surface area contributed by atoms with Gasteiger partial charge in [-0.1, -0.05) is 0 Å². The van der Waals surface area contributed by atoms with Gasteiger partial charge < -0.3 is 10.4 Å². The molecule has 1 atom stereocenters. The van der Waals surface area contributed by atoms with E-state index < -0.39 is 6.23 Å². The zero-order valence-electron chi connectivity index (χ0n) is 11.1. The van der Waals surface area contributed by atoms with Gasteiger partial charge in [-0.05, 0) is 39.0 Å². The third kappa shape index (κ3) is 1.81. The Hall–Kier alpha value is -1.88. The normalized spacial score (nSPS) is 17.6. The smallest absolute Gasteiger partial charge is 0.154 e. The molecule has 100 valence electrons. The molecule has 2 heterocycles. The third-order valence-corrected chi connectivity index (χ3v) is 3.26. The number of nitrogens with one attached hydrogen (secondary N) is 1. The van der Waals surface area contributed by atoms with Crippen molar-refractivity contribution >= 4 is 5.69 Å². The number of hydrogen-bond acceptors (Lipinski definition) is 3. The first-order valence-electron chi connectivity index (χ1n) is 6.21. The highest BCUT2D eigenvalue weighted by molar-refractivity contribution is 5.81. The first-order valence-corrected chi connectivity index (χ1v) is 6.21. The third-order valence-electron chi connectivity index (χ3n) is 3.26. The first-order chi connectivity index (χ1) is 8.88. The van der Waals surface area contributed by atoms with Gasteiger partial charge in [0.25, 0.3) is 0 Å². The molecule has 0 spiro atoms. The van der Waals surface area contributed by atoms with Crippen LogP contribution in [0.4, 0.5) is 10.1 Å². The Morgan fingerprint density at radius 1 is 1.37 bits per heavy atom. The van der Waals surface area contributed by atoms with Crippen LogP contribution in [-0.4, -0.2) is 14.9 Å². The minimum atomic E-state index is -0.816. The molecular formula is C14H16FN3O. The molecule has 0 bridgehead atoms. The lowest BCUT2D eigenvalue weighted by molar-refractivity contribution is 0.207. The van der Waals surface area contributed by atoms with Crippen molar-refractivity contribution in [2.75, 3.05) is 5.32 Å². The maximum atomic E-state index is 13.5. The van der Waals surface area contributed by atoms with E-state index in [2.05, 4.69) is 10.4 Å². The van der Waals surface area contributed by atoms with Crippen LogP contribution in [0.25, 0.3) is 11.3 Å². The molecule has 3 rings (SSSR count). The van der Waals surface area contributed by atoms with Gasteiger partial charge in [0.05, 0.1) is 17.4 Å². The van der Waals surface area contributed by atoms with E-state index in [9.17, 15) is 9.50 Å². The zero-order valence-corrected chi connectivity index (χ0v) is 11.1. The summed E-state index contributed by atoms with van der Waals surface area (Å²) >= 11 is 0. The SMILES string of the molecule is CC(C)(C)n1ncc2c1-c1cc(F)ccc1N[C@@H]2O. The Bertz CT molecular complexity index is 643. The van der Waals surface area contributed by atoms with Crippen LogP contribution in [0.3, 0.4) is 0 Å². The van der Waals surface area contributed by atoms with Crippen molar-refractivity contribution in [1.82, 2.24) is 9.78 Å². The summed E-state index contributed by atoms with van der Waals surface area (Å²) in [6.45, 7) is 6.06. The number of nitrogens with zero attached hydrogens (tertiary/aromatic N) is 2. The molecule has 4 nitrogen and oxygen atoms in total. The Labute approximate surface area is 110 Å². The van der Waals surface area contributed by atoms with Crippen LogP contribution in [0.15, 0.2) is 24.4 Å². The Morgan fingerprint density at radius 2 is 2.11 bits per heavy atom. The van der Waals surface area contributed by atoms with Gasteiger partial charge in [-0.2, -0.15) is 5.10 Å². The molecular weight excluding hydrogens is 245 g/mol. The van der Waals surface area contributed by atoms with Crippen molar-refractivity contribution in [3.8, 4) is 11.3 Å². The van der Waals surface area contributed by atoms with E-state index >= 15 is 0 Å². The van der Waals surface area contributed by atoms with Gasteiger partial charge in [0.15, 0.2) is 6.23 Å². The molecule has 19 heavy (non-hydrogen) atoms. The number of benzene rings is 1. The van der Waals surface area contributed by atoms with Crippen LogP contribution < -0.4 is 5.32 Å². The van der Waals surface area contributed by atoms with E-state index in [0.29, 0.717) is 11.3 Å². The number of halogens is 1. The van der Waals surface area contributed by atoms with Crippen molar-refractivity contribution in [3.05, 3.63) is 35.8 Å². The van der Waals surface area contributed by atoms with Crippen molar-refractivity contribution in [2.24, 2.45) is 0 Å². The fourth-order valence-electron chi connectivity index (χ4n) is 2.40. The van der Waals surface area contributed by atoms with Crippen molar-refractivity contribution in [3.63, 3.8) is 0 Å². The van der Waals surface area contributed by atoms with Crippen molar-refractivity contribution < 1.29 is 9.50 Å². The van der Waals surface area contributed by atoms with Crippen LogP contribution in [0.2, 0.25) is 0 Å². The molecule has 1 aliphatic rings. The zero-order chi connectivity index (χ0) is 13.8. The summed E-state index contributed by atoms with van der Waals surface area (Å²) in [6, 6.07) is 4.48. The summed E-state index contributed by atoms with van der Waals surface area (Å²) < 4.78 is 15.3. The molecule has 0 radical (unpaired) electrons. The molecule has 0 saturated carbocycles. The number of rotatable bonds is 0. The lowest BCUT2D eigenvalue weighted by atomic mass is 9.98. The van der Waals surface area contributed by atoms with Gasteiger partial charge in [-0.25, -0.2) is 4.39 Å². The summed E-state index contributed by atoms with van der Waals surface area (Å²) in [6.07, 6.45) is 0.815. The highest BCUT2D eigenvalue weighted by Gasteiger charge is 2.30. The number of aliphatic hydroxyl groups is 1. The lowest BCUT2D eigenvalue weighted by Gasteiger charge is -2.28. The molecule has 2 aromatic rings. The summed E-state index contributed by atoms with van der Waals surface area (Å²) in [7, 11) is 0. The molecule has 0 saturated heterocycles. The van der Waals surface area contributed by atoms with E-state index in [1.807, 2.05) is 25.5 Å². The number of fused-ring (bicyclic) bond motifs is 3. The molecule has 0 amide bonds. The average Bonchev–Trinajstić information content (AvgIpc) is 2.75. The Balaban J connectivity index is 2.30. The standard InChI is InChI=1S/C14H16FN3O/c1-14(2,3)18-12-9-6-8(15)4-5-11(9)17-13(19)10(12)7-16-18/h4-7,13,17,19H,1-3H3/t13-/m1/s1. The molecule has 2 N–H and O–H groups in total. The maximum absolute atomic E-state index is 13.5. The second-order valence-corrected chi connectivity index (χ2v) is 5.77. The molecule has 1 aromatic heterocycles. The topological polar surface area (TPSA) is 50.1 Å². The number of hydrogen-bond donors (Lipinski definition) is 2. The van der Waals surface area contributed by atoms with E-state index in [1.54, 1.807) is 12.3 Å². The fourth-order valence-corrected chi connectivity index (χ4v) is 2.40. The highest BCUT2D eigenvalue weighted by Crippen LogP contribution is 2.41. The second-order valence-electron chi connectivity index (χ2n) is 5.77. The molecule has 1 aromatic carbocycles. The number of aliphatic hydroxyl groups excluding tert-OH is 1. The minimum absolute atomic E-state index is 0.242. The number of aromatic nitrogens is 2. The van der Waals surface area contributed by atoms with Crippen molar-refractivity contribution in [2.45, 2.75) is 32.5 Å². The van der Waals surface area contributed by atoms with E-state index in [-0.39, 0.29) is 11.4 Å². The van der Waals surface area contributed by atoms with Gasteiger partial charge in [0.1, 0.15) is 5.82 Å². The quantitative estimate of drug-likeness (QED) is 0.766. The molecule has 0 fully saturated rings. The fraction of sp³-hybridized carbons (Fsp3) is 0.357. The summed E-state index contributed by atoms with van der Waals surface area (Å²) in [5.74, 6) is -0.301. The van der Waals surface area contributed by atoms with E-state index in [4.69, 9.17) is 0 Å². The molecule has 0 unspecified atom stereocenters. The van der Waals surface area contributed by atoms with Crippen molar-refractivity contribution in [1.29, 1.82) is 0 Å². The maximum Gasteiger partial charge on any atom is 0.154 e. The summed E-state index contributed by atoms with van der Waals surface area (Å²) in [5, 5.41) is 17.4. The van der Waals surface area contributed by atoms with Gasteiger partial charge in [0, 0.05) is 16.8 Å². The van der Waals surface area contributed by atoms with Crippen LogP contribution >= 0.6 is 0 Å². The van der Waals surface area contributed by atoms with Crippen LogP contribution in [0.1, 0.15) is 32.6 Å². The molecule has 0 aliphatic carbocycles. The van der Waals surface area contributed by atoms with Crippen LogP contribution in [0.5, 0.6) is 0 Å². The average molecular weight is 261 g/mol. The predicted molar refractivity (Wildman–Crippen MR) is 71.2 cm³/mol. The largest absolute Gasteiger partial charge is 0.369 e. The molecule has 1 aliphatic heterocycles. The second kappa shape index (κ2) is 3.81.